The highest BCUT2D eigenvalue weighted by Crippen LogP contribution is 2.24. The van der Waals surface area contributed by atoms with Gasteiger partial charge in [0.25, 0.3) is 5.56 Å². The first-order valence-corrected chi connectivity index (χ1v) is 7.29. The van der Waals surface area contributed by atoms with Crippen molar-refractivity contribution in [2.24, 2.45) is 0 Å². The third-order valence-electron chi connectivity index (χ3n) is 3.72. The molecule has 0 aliphatic heterocycles. The minimum atomic E-state index is -0.307. The van der Waals surface area contributed by atoms with Crippen molar-refractivity contribution in [2.45, 2.75) is 0 Å². The van der Waals surface area contributed by atoms with E-state index in [4.69, 9.17) is 4.74 Å². The maximum atomic E-state index is 12.2. The largest absolute Gasteiger partial charge is 0.497 e. The number of aromatic amines is 2. The molecule has 7 heteroatoms. The lowest BCUT2D eigenvalue weighted by Crippen LogP contribution is -2.12. The summed E-state index contributed by atoms with van der Waals surface area (Å²) in [5.74, 6) is 1.20. The van der Waals surface area contributed by atoms with Crippen LogP contribution in [0, 0.1) is 0 Å². The van der Waals surface area contributed by atoms with E-state index in [0.717, 1.165) is 22.3 Å². The van der Waals surface area contributed by atoms with E-state index >= 15 is 0 Å². The van der Waals surface area contributed by atoms with Crippen LogP contribution < -0.4 is 10.3 Å². The molecular formula is C17H13N5O2. The molecule has 1 aromatic carbocycles. The number of nitrogens with zero attached hydrogens (tertiary/aromatic N) is 3. The molecule has 0 radical (unpaired) electrons. The van der Waals surface area contributed by atoms with Crippen LogP contribution in [0.4, 0.5) is 0 Å². The van der Waals surface area contributed by atoms with Gasteiger partial charge in [0.05, 0.1) is 29.4 Å². The van der Waals surface area contributed by atoms with E-state index in [1.807, 2.05) is 30.3 Å². The molecule has 0 atom stereocenters. The van der Waals surface area contributed by atoms with E-state index in [9.17, 15) is 4.79 Å². The number of fused-ring (bicyclic) bond motifs is 1. The number of aromatic nitrogens is 5. The lowest BCUT2D eigenvalue weighted by Gasteiger charge is -2.01. The number of ether oxygens (including phenoxy) is 1. The van der Waals surface area contributed by atoms with Gasteiger partial charge in [0, 0.05) is 24.0 Å². The standard InChI is InChI=1S/C17H13N5O2/c1-24-11-2-3-13-15(8-11)20-16(19-13)12-9-14(21-22-17(12)23)10-4-6-18-7-5-10/h2-9H,1H3,(H,19,20)(H,22,23). The van der Waals surface area contributed by atoms with Crippen LogP contribution in [0.1, 0.15) is 0 Å². The predicted octanol–water partition coefficient (Wildman–Crippen LogP) is 2.38. The van der Waals surface area contributed by atoms with Crippen molar-refractivity contribution in [2.75, 3.05) is 7.11 Å². The number of nitrogens with one attached hydrogen (secondary N) is 2. The highest BCUT2D eigenvalue weighted by Gasteiger charge is 2.12. The molecule has 4 rings (SSSR count). The smallest absolute Gasteiger partial charge is 0.275 e. The maximum Gasteiger partial charge on any atom is 0.275 e. The van der Waals surface area contributed by atoms with Gasteiger partial charge in [0.2, 0.25) is 0 Å². The molecule has 0 spiro atoms. The van der Waals surface area contributed by atoms with E-state index in [1.165, 1.54) is 0 Å². The minimum Gasteiger partial charge on any atom is -0.497 e. The summed E-state index contributed by atoms with van der Waals surface area (Å²) in [5.41, 5.74) is 3.18. The van der Waals surface area contributed by atoms with Crippen molar-refractivity contribution in [1.29, 1.82) is 0 Å². The Labute approximate surface area is 136 Å². The Morgan fingerprint density at radius 3 is 2.71 bits per heavy atom. The molecule has 0 bridgehead atoms. The van der Waals surface area contributed by atoms with E-state index < -0.39 is 0 Å². The first-order valence-electron chi connectivity index (χ1n) is 7.29. The van der Waals surface area contributed by atoms with Crippen LogP contribution in [0.2, 0.25) is 0 Å². The summed E-state index contributed by atoms with van der Waals surface area (Å²) < 4.78 is 5.21. The molecule has 0 aliphatic carbocycles. The molecule has 0 amide bonds. The lowest BCUT2D eigenvalue weighted by atomic mass is 10.1. The third kappa shape index (κ3) is 2.41. The number of rotatable bonds is 3. The zero-order valence-electron chi connectivity index (χ0n) is 12.8. The van der Waals surface area contributed by atoms with Gasteiger partial charge in [-0.25, -0.2) is 10.1 Å². The van der Waals surface area contributed by atoms with Crippen LogP contribution in [-0.2, 0) is 0 Å². The molecule has 2 N–H and O–H groups in total. The fraction of sp³-hybridized carbons (Fsp3) is 0.0588. The third-order valence-corrected chi connectivity index (χ3v) is 3.72. The van der Waals surface area contributed by atoms with Gasteiger partial charge in [-0.05, 0) is 30.3 Å². The number of hydrogen-bond donors (Lipinski definition) is 2. The Morgan fingerprint density at radius 1 is 1.08 bits per heavy atom. The second-order valence-electron chi connectivity index (χ2n) is 5.20. The average Bonchev–Trinajstić information content (AvgIpc) is 3.05. The Kier molecular flexibility index (Phi) is 3.31. The maximum absolute atomic E-state index is 12.2. The van der Waals surface area contributed by atoms with E-state index in [0.29, 0.717) is 17.1 Å². The van der Waals surface area contributed by atoms with Gasteiger partial charge in [0.15, 0.2) is 0 Å². The number of pyridine rings is 1. The molecule has 4 aromatic rings. The highest BCUT2D eigenvalue weighted by atomic mass is 16.5. The fourth-order valence-corrected chi connectivity index (χ4v) is 2.50. The van der Waals surface area contributed by atoms with Crippen LogP contribution in [0.3, 0.4) is 0 Å². The van der Waals surface area contributed by atoms with Crippen molar-refractivity contribution in [3.05, 3.63) is 59.1 Å². The number of imidazole rings is 1. The first kappa shape index (κ1) is 14.1. The molecule has 0 aliphatic rings. The molecule has 3 heterocycles. The van der Waals surface area contributed by atoms with Gasteiger partial charge >= 0.3 is 0 Å². The zero-order chi connectivity index (χ0) is 16.5. The molecule has 0 unspecified atom stereocenters. The Hall–Kier alpha value is -3.48. The minimum absolute atomic E-state index is 0.307. The molecule has 0 saturated carbocycles. The van der Waals surface area contributed by atoms with Crippen LogP contribution in [0.15, 0.2) is 53.6 Å². The second-order valence-corrected chi connectivity index (χ2v) is 5.20. The van der Waals surface area contributed by atoms with Crippen molar-refractivity contribution in [1.82, 2.24) is 25.1 Å². The lowest BCUT2D eigenvalue weighted by molar-refractivity contribution is 0.415. The summed E-state index contributed by atoms with van der Waals surface area (Å²) in [4.78, 5) is 23.8. The molecule has 7 nitrogen and oxygen atoms in total. The van der Waals surface area contributed by atoms with Gasteiger partial charge < -0.3 is 9.72 Å². The van der Waals surface area contributed by atoms with E-state index in [-0.39, 0.29) is 5.56 Å². The number of methoxy groups -OCH3 is 1. The van der Waals surface area contributed by atoms with Gasteiger partial charge in [0.1, 0.15) is 11.6 Å². The van der Waals surface area contributed by atoms with Crippen LogP contribution in [0.5, 0.6) is 5.75 Å². The summed E-state index contributed by atoms with van der Waals surface area (Å²) in [5, 5.41) is 6.61. The number of H-pyrrole nitrogens is 2. The van der Waals surface area contributed by atoms with Gasteiger partial charge in [-0.15, -0.1) is 0 Å². The van der Waals surface area contributed by atoms with Crippen molar-refractivity contribution < 1.29 is 4.74 Å². The first-order chi connectivity index (χ1) is 11.7. The Balaban J connectivity index is 1.85. The van der Waals surface area contributed by atoms with Crippen molar-refractivity contribution in [3.8, 4) is 28.4 Å². The van der Waals surface area contributed by atoms with Gasteiger partial charge in [-0.2, -0.15) is 5.10 Å². The summed E-state index contributed by atoms with van der Waals surface area (Å²) in [6.07, 6.45) is 3.35. The van der Waals surface area contributed by atoms with Crippen LogP contribution in [0.25, 0.3) is 33.7 Å². The topological polar surface area (TPSA) is 96.6 Å². The average molecular weight is 319 g/mol. The molecule has 118 valence electrons. The van der Waals surface area contributed by atoms with Gasteiger partial charge in [-0.1, -0.05) is 0 Å². The molecule has 3 aromatic heterocycles. The fourth-order valence-electron chi connectivity index (χ4n) is 2.50. The number of benzene rings is 1. The summed E-state index contributed by atoms with van der Waals surface area (Å²) >= 11 is 0. The van der Waals surface area contributed by atoms with Crippen molar-refractivity contribution in [3.63, 3.8) is 0 Å². The Morgan fingerprint density at radius 2 is 1.92 bits per heavy atom. The Bertz CT molecular complexity index is 1070. The second kappa shape index (κ2) is 5.62. The van der Waals surface area contributed by atoms with Crippen molar-refractivity contribution >= 4 is 11.0 Å². The van der Waals surface area contributed by atoms with Crippen LogP contribution in [-0.4, -0.2) is 32.3 Å². The normalized spacial score (nSPS) is 10.9. The molecule has 0 fully saturated rings. The number of hydrogen-bond acceptors (Lipinski definition) is 5. The predicted molar refractivity (Wildman–Crippen MR) is 89.7 cm³/mol. The van der Waals surface area contributed by atoms with Crippen LogP contribution >= 0.6 is 0 Å². The van der Waals surface area contributed by atoms with E-state index in [1.54, 1.807) is 25.6 Å². The summed E-state index contributed by atoms with van der Waals surface area (Å²) in [7, 11) is 1.60. The molecular weight excluding hydrogens is 306 g/mol. The zero-order valence-corrected chi connectivity index (χ0v) is 12.8. The molecule has 0 saturated heterocycles. The summed E-state index contributed by atoms with van der Waals surface area (Å²) in [6.45, 7) is 0. The summed E-state index contributed by atoms with van der Waals surface area (Å²) in [6, 6.07) is 10.9. The SMILES string of the molecule is COc1ccc2nc(-c3cc(-c4ccncc4)n[nH]c3=O)[nH]c2c1. The van der Waals surface area contributed by atoms with E-state index in [2.05, 4.69) is 25.1 Å². The quantitative estimate of drug-likeness (QED) is 0.604. The van der Waals surface area contributed by atoms with Gasteiger partial charge in [-0.3, -0.25) is 9.78 Å². The molecule has 24 heavy (non-hydrogen) atoms. The monoisotopic (exact) mass is 319 g/mol. The highest BCUT2D eigenvalue weighted by molar-refractivity contribution is 5.81.